The van der Waals surface area contributed by atoms with E-state index in [2.05, 4.69) is 27.7 Å². The Labute approximate surface area is 96.1 Å². The van der Waals surface area contributed by atoms with Crippen molar-refractivity contribution >= 4 is 9.53 Å². The van der Waals surface area contributed by atoms with Crippen molar-refractivity contribution in [2.75, 3.05) is 14.2 Å². The highest BCUT2D eigenvalue weighted by Crippen LogP contribution is 2.22. The van der Waals surface area contributed by atoms with Crippen molar-refractivity contribution in [3.63, 3.8) is 0 Å². The molecule has 0 heterocycles. The maximum atomic E-state index is 5.95. The smallest absolute Gasteiger partial charge is 0.379 e. The molecule has 0 N–H and O–H groups in total. The lowest BCUT2D eigenvalue weighted by Gasteiger charge is -2.30. The van der Waals surface area contributed by atoms with Crippen LogP contribution >= 0.6 is 0 Å². The molecule has 3 nitrogen and oxygen atoms in total. The van der Waals surface area contributed by atoms with Crippen LogP contribution in [0.3, 0.4) is 0 Å². The first-order chi connectivity index (χ1) is 7.10. The molecule has 0 fully saturated rings. The summed E-state index contributed by atoms with van der Waals surface area (Å²) in [4.78, 5) is 0. The standard InChI is InChI=1S/C11H26O3Si/c1-7-9(3)11(10(4)8-2)14-15(12-5)13-6/h9-11,15H,7-8H2,1-6H3. The Hall–Kier alpha value is 0.0969. The maximum absolute atomic E-state index is 5.95. The molecule has 92 valence electrons. The zero-order chi connectivity index (χ0) is 11.8. The van der Waals surface area contributed by atoms with Gasteiger partial charge in [0.15, 0.2) is 0 Å². The molecule has 0 aliphatic carbocycles. The predicted octanol–water partition coefficient (Wildman–Crippen LogP) is 2.47. The van der Waals surface area contributed by atoms with Gasteiger partial charge < -0.3 is 13.3 Å². The molecule has 2 unspecified atom stereocenters. The van der Waals surface area contributed by atoms with E-state index in [-0.39, 0.29) is 6.10 Å². The zero-order valence-corrected chi connectivity index (χ0v) is 12.1. The van der Waals surface area contributed by atoms with Crippen molar-refractivity contribution in [2.45, 2.75) is 46.6 Å². The van der Waals surface area contributed by atoms with Gasteiger partial charge in [-0.3, -0.25) is 0 Å². The van der Waals surface area contributed by atoms with Crippen molar-refractivity contribution in [3.05, 3.63) is 0 Å². The summed E-state index contributed by atoms with van der Waals surface area (Å²) in [5, 5.41) is 0. The minimum absolute atomic E-state index is 0.261. The predicted molar refractivity (Wildman–Crippen MR) is 65.0 cm³/mol. The van der Waals surface area contributed by atoms with Gasteiger partial charge in [0.1, 0.15) is 0 Å². The lowest BCUT2D eigenvalue weighted by molar-refractivity contribution is 0.0227. The van der Waals surface area contributed by atoms with Crippen LogP contribution in [0.5, 0.6) is 0 Å². The second-order valence-corrected chi connectivity index (χ2v) is 5.92. The second-order valence-electron chi connectivity index (χ2n) is 4.13. The highest BCUT2D eigenvalue weighted by molar-refractivity contribution is 6.36. The summed E-state index contributed by atoms with van der Waals surface area (Å²) in [5.41, 5.74) is 0. The summed E-state index contributed by atoms with van der Waals surface area (Å²) in [6.07, 6.45) is 2.52. The third kappa shape index (κ3) is 5.11. The van der Waals surface area contributed by atoms with Gasteiger partial charge in [-0.15, -0.1) is 0 Å². The number of hydrogen-bond donors (Lipinski definition) is 0. The van der Waals surface area contributed by atoms with E-state index in [1.165, 1.54) is 0 Å². The van der Waals surface area contributed by atoms with Crippen molar-refractivity contribution in [1.29, 1.82) is 0 Å². The molecule has 0 saturated heterocycles. The molecule has 0 aliphatic heterocycles. The van der Waals surface area contributed by atoms with Gasteiger partial charge in [0.2, 0.25) is 0 Å². The van der Waals surface area contributed by atoms with Gasteiger partial charge >= 0.3 is 9.53 Å². The van der Waals surface area contributed by atoms with Gasteiger partial charge in [-0.25, -0.2) is 0 Å². The third-order valence-electron chi connectivity index (χ3n) is 3.06. The molecule has 0 aromatic carbocycles. The fourth-order valence-corrected chi connectivity index (χ4v) is 2.84. The monoisotopic (exact) mass is 234 g/mol. The van der Waals surface area contributed by atoms with Gasteiger partial charge in [0.25, 0.3) is 0 Å². The summed E-state index contributed by atoms with van der Waals surface area (Å²) >= 11 is 0. The second kappa shape index (κ2) is 8.27. The largest absolute Gasteiger partial charge is 0.483 e. The van der Waals surface area contributed by atoms with Gasteiger partial charge in [-0.1, -0.05) is 40.5 Å². The first-order valence-electron chi connectivity index (χ1n) is 5.81. The van der Waals surface area contributed by atoms with E-state index in [9.17, 15) is 0 Å². The SMILES string of the molecule is CCC(C)C(O[SiH](OC)OC)C(C)CC. The van der Waals surface area contributed by atoms with Gasteiger partial charge in [-0.2, -0.15) is 0 Å². The molecule has 0 radical (unpaired) electrons. The Morgan fingerprint density at radius 2 is 1.33 bits per heavy atom. The van der Waals surface area contributed by atoms with Crippen molar-refractivity contribution in [1.82, 2.24) is 0 Å². The van der Waals surface area contributed by atoms with Crippen molar-refractivity contribution in [3.8, 4) is 0 Å². The van der Waals surface area contributed by atoms with E-state index in [1.54, 1.807) is 14.2 Å². The van der Waals surface area contributed by atoms with Crippen LogP contribution in [0, 0.1) is 11.8 Å². The molecular weight excluding hydrogens is 208 g/mol. The molecule has 0 bridgehead atoms. The molecule has 15 heavy (non-hydrogen) atoms. The summed E-state index contributed by atoms with van der Waals surface area (Å²) in [7, 11) is 1.42. The minimum atomic E-state index is -1.89. The highest BCUT2D eigenvalue weighted by atomic mass is 28.3. The molecule has 4 heteroatoms. The van der Waals surface area contributed by atoms with Crippen LogP contribution in [-0.2, 0) is 13.3 Å². The molecule has 0 aliphatic rings. The first-order valence-corrected chi connectivity index (χ1v) is 7.23. The fraction of sp³-hybridized carbons (Fsp3) is 1.00. The minimum Gasteiger partial charge on any atom is -0.379 e. The Balaban J connectivity index is 4.35. The quantitative estimate of drug-likeness (QED) is 0.604. The summed E-state index contributed by atoms with van der Waals surface area (Å²) in [5.74, 6) is 1.11. The van der Waals surface area contributed by atoms with Crippen LogP contribution in [0.25, 0.3) is 0 Å². The lowest BCUT2D eigenvalue weighted by atomic mass is 9.90. The topological polar surface area (TPSA) is 27.7 Å². The van der Waals surface area contributed by atoms with Crippen LogP contribution in [0.2, 0.25) is 0 Å². The number of rotatable bonds is 8. The first kappa shape index (κ1) is 15.1. The Kier molecular flexibility index (Phi) is 8.33. The molecule has 0 rings (SSSR count). The summed E-state index contributed by atoms with van der Waals surface area (Å²) in [6.45, 7) is 8.85. The van der Waals surface area contributed by atoms with E-state index < -0.39 is 9.53 Å². The average molecular weight is 234 g/mol. The van der Waals surface area contributed by atoms with Crippen molar-refractivity contribution < 1.29 is 13.3 Å². The van der Waals surface area contributed by atoms with Crippen LogP contribution < -0.4 is 0 Å². The fourth-order valence-electron chi connectivity index (χ4n) is 1.63. The van der Waals surface area contributed by atoms with Crippen LogP contribution in [0.1, 0.15) is 40.5 Å². The Bertz CT molecular complexity index is 141. The molecule has 0 aromatic heterocycles. The zero-order valence-electron chi connectivity index (χ0n) is 10.9. The van der Waals surface area contributed by atoms with Gasteiger partial charge in [0, 0.05) is 14.2 Å². The van der Waals surface area contributed by atoms with Crippen LogP contribution in [0.4, 0.5) is 0 Å². The van der Waals surface area contributed by atoms with E-state index in [0.29, 0.717) is 11.8 Å². The molecule has 0 amide bonds. The molecular formula is C11H26O3Si. The number of hydrogen-bond acceptors (Lipinski definition) is 3. The molecule has 0 saturated carbocycles. The summed E-state index contributed by atoms with van der Waals surface area (Å²) in [6, 6.07) is 0. The third-order valence-corrected chi connectivity index (χ3v) is 4.37. The highest BCUT2D eigenvalue weighted by Gasteiger charge is 2.27. The van der Waals surface area contributed by atoms with E-state index in [1.807, 2.05) is 0 Å². The maximum Gasteiger partial charge on any atom is 0.483 e. The van der Waals surface area contributed by atoms with Crippen molar-refractivity contribution in [2.24, 2.45) is 11.8 Å². The Morgan fingerprint density at radius 1 is 0.933 bits per heavy atom. The Morgan fingerprint density at radius 3 is 1.60 bits per heavy atom. The van der Waals surface area contributed by atoms with Crippen LogP contribution in [0.15, 0.2) is 0 Å². The molecule has 2 atom stereocenters. The molecule has 0 aromatic rings. The van der Waals surface area contributed by atoms with E-state index >= 15 is 0 Å². The van der Waals surface area contributed by atoms with E-state index in [4.69, 9.17) is 13.3 Å². The van der Waals surface area contributed by atoms with Crippen LogP contribution in [-0.4, -0.2) is 29.9 Å². The lowest BCUT2D eigenvalue weighted by Crippen LogP contribution is -2.37. The average Bonchev–Trinajstić information content (AvgIpc) is 2.29. The summed E-state index contributed by atoms with van der Waals surface area (Å²) < 4.78 is 16.4. The van der Waals surface area contributed by atoms with Gasteiger partial charge in [-0.05, 0) is 11.8 Å². The normalized spacial score (nSPS) is 17.8. The molecule has 0 spiro atoms. The van der Waals surface area contributed by atoms with Gasteiger partial charge in [0.05, 0.1) is 6.10 Å². The van der Waals surface area contributed by atoms with E-state index in [0.717, 1.165) is 12.8 Å².